The highest BCUT2D eigenvalue weighted by molar-refractivity contribution is 6.40. The van der Waals surface area contributed by atoms with Crippen molar-refractivity contribution >= 4 is 46.3 Å². The molecule has 2 heterocycles. The number of furan rings is 1. The number of phenolic OH excluding ortho intramolecular Hbond substituents is 1. The third-order valence-corrected chi connectivity index (χ3v) is 3.41. The number of nitrogens with one attached hydrogen (secondary N) is 1. The quantitative estimate of drug-likeness (QED) is 0.458. The fraction of sp³-hybridized carbons (Fsp3) is 0. The number of hydrogen-bond acceptors (Lipinski definition) is 2. The van der Waals surface area contributed by atoms with E-state index in [1.807, 2.05) is 32.1 Å². The van der Waals surface area contributed by atoms with E-state index in [9.17, 15) is 5.11 Å². The smallest absolute Gasteiger partial charge is 0.161 e. The maximum Gasteiger partial charge on any atom is 0.161 e. The van der Waals surface area contributed by atoms with Crippen molar-refractivity contribution in [2.24, 2.45) is 0 Å². The molecule has 0 aliphatic carbocycles. The molecule has 2 N–H and O–H groups in total. The summed E-state index contributed by atoms with van der Waals surface area (Å²) in [4.78, 5) is 3.39. The Kier molecular flexibility index (Phi) is 1.66. The van der Waals surface area contributed by atoms with Crippen molar-refractivity contribution in [3.8, 4) is 5.75 Å². The van der Waals surface area contributed by atoms with Gasteiger partial charge in [0.05, 0.1) is 5.52 Å². The number of aromatic hydroxyl groups is 1. The van der Waals surface area contributed by atoms with Crippen molar-refractivity contribution in [3.63, 3.8) is 0 Å². The molecular weight excluding hydrogens is 225 g/mol. The summed E-state index contributed by atoms with van der Waals surface area (Å²) in [6, 6.07) is 11.4. The molecule has 0 aliphatic rings. The summed E-state index contributed by atoms with van der Waals surface area (Å²) >= 11 is 0. The summed E-state index contributed by atoms with van der Waals surface area (Å²) in [6.45, 7) is 0. The van der Waals surface area contributed by atoms with E-state index in [0.29, 0.717) is 0 Å². The van der Waals surface area contributed by atoms with E-state index in [-0.39, 0.29) is 5.75 Å². The zero-order valence-corrected chi connectivity index (χ0v) is 9.82. The standard InChI is InChI=1S/C14H10BNO2/c15-10-6-7(17)5-9-12(10)16-13-8-3-1-2-4-11(8)18-14(9)13/h1-6,16-17H,15H2. The molecule has 0 aliphatic heterocycles. The van der Waals surface area contributed by atoms with E-state index in [1.54, 1.807) is 12.1 Å². The van der Waals surface area contributed by atoms with Crippen molar-refractivity contribution in [3.05, 3.63) is 36.4 Å². The molecule has 3 nitrogen and oxygen atoms in total. The molecule has 4 heteroatoms. The average molecular weight is 235 g/mol. The fourth-order valence-electron chi connectivity index (χ4n) is 2.60. The summed E-state index contributed by atoms with van der Waals surface area (Å²) in [5, 5.41) is 11.7. The third-order valence-electron chi connectivity index (χ3n) is 3.41. The van der Waals surface area contributed by atoms with Gasteiger partial charge in [0, 0.05) is 16.3 Å². The summed E-state index contributed by atoms with van der Waals surface area (Å²) < 4.78 is 5.87. The van der Waals surface area contributed by atoms with E-state index in [0.717, 1.165) is 38.4 Å². The molecule has 0 unspecified atom stereocenters. The highest BCUT2D eigenvalue weighted by Crippen LogP contribution is 2.34. The minimum atomic E-state index is 0.265. The van der Waals surface area contributed by atoms with Crippen molar-refractivity contribution < 1.29 is 9.52 Å². The molecule has 4 rings (SSSR count). The highest BCUT2D eigenvalue weighted by atomic mass is 16.3. The predicted octanol–water partition coefficient (Wildman–Crippen LogP) is 2.03. The van der Waals surface area contributed by atoms with Crippen LogP contribution in [0.3, 0.4) is 0 Å². The van der Waals surface area contributed by atoms with Gasteiger partial charge < -0.3 is 14.5 Å². The van der Waals surface area contributed by atoms with Gasteiger partial charge in [0.2, 0.25) is 0 Å². The number of aromatic amines is 1. The van der Waals surface area contributed by atoms with Gasteiger partial charge in [-0.2, -0.15) is 0 Å². The van der Waals surface area contributed by atoms with Gasteiger partial charge in [0.15, 0.2) is 5.58 Å². The molecule has 0 bridgehead atoms. The lowest BCUT2D eigenvalue weighted by atomic mass is 9.93. The molecule has 0 radical (unpaired) electrons. The normalized spacial score (nSPS) is 11.8. The minimum absolute atomic E-state index is 0.265. The van der Waals surface area contributed by atoms with E-state index in [4.69, 9.17) is 4.42 Å². The Morgan fingerprint density at radius 2 is 1.89 bits per heavy atom. The topological polar surface area (TPSA) is 49.2 Å². The second kappa shape index (κ2) is 3.10. The van der Waals surface area contributed by atoms with Gasteiger partial charge in [0.25, 0.3) is 0 Å². The van der Waals surface area contributed by atoms with Crippen molar-refractivity contribution in [2.75, 3.05) is 0 Å². The van der Waals surface area contributed by atoms with Gasteiger partial charge >= 0.3 is 0 Å². The van der Waals surface area contributed by atoms with Crippen LogP contribution in [-0.2, 0) is 0 Å². The predicted molar refractivity (Wildman–Crippen MR) is 75.4 cm³/mol. The van der Waals surface area contributed by atoms with Crippen LogP contribution in [0, 0.1) is 0 Å². The van der Waals surface area contributed by atoms with Crippen LogP contribution in [0.1, 0.15) is 0 Å². The number of phenols is 1. The van der Waals surface area contributed by atoms with Gasteiger partial charge in [-0.05, 0) is 24.3 Å². The van der Waals surface area contributed by atoms with E-state index in [2.05, 4.69) is 4.98 Å². The second-order valence-electron chi connectivity index (χ2n) is 4.61. The molecule has 86 valence electrons. The number of aromatic nitrogens is 1. The molecule has 0 saturated heterocycles. The van der Waals surface area contributed by atoms with E-state index < -0.39 is 0 Å². The van der Waals surface area contributed by atoms with Crippen LogP contribution >= 0.6 is 0 Å². The number of hydrogen-bond donors (Lipinski definition) is 2. The first kappa shape index (κ1) is 9.65. The first-order valence-electron chi connectivity index (χ1n) is 5.86. The van der Waals surface area contributed by atoms with Crippen molar-refractivity contribution in [1.29, 1.82) is 0 Å². The van der Waals surface area contributed by atoms with E-state index >= 15 is 0 Å². The Bertz CT molecular complexity index is 904. The molecule has 2 aromatic carbocycles. The van der Waals surface area contributed by atoms with Gasteiger partial charge in [-0.1, -0.05) is 17.6 Å². The van der Waals surface area contributed by atoms with E-state index in [1.165, 1.54) is 0 Å². The van der Waals surface area contributed by atoms with Crippen LogP contribution < -0.4 is 5.46 Å². The Labute approximate surface area is 103 Å². The van der Waals surface area contributed by atoms with Crippen LogP contribution in [0.4, 0.5) is 0 Å². The molecule has 4 aromatic rings. The first-order chi connectivity index (χ1) is 8.74. The minimum Gasteiger partial charge on any atom is -0.508 e. The molecule has 0 fully saturated rings. The van der Waals surface area contributed by atoms with Crippen LogP contribution in [0.25, 0.3) is 33.0 Å². The van der Waals surface area contributed by atoms with Crippen LogP contribution in [-0.4, -0.2) is 17.9 Å². The van der Waals surface area contributed by atoms with Crippen LogP contribution in [0.5, 0.6) is 5.75 Å². The summed E-state index contributed by atoms with van der Waals surface area (Å²) in [7, 11) is 1.97. The molecule has 0 saturated carbocycles. The van der Waals surface area contributed by atoms with Crippen molar-refractivity contribution in [1.82, 2.24) is 4.98 Å². The maximum absolute atomic E-state index is 9.71. The number of fused-ring (bicyclic) bond motifs is 5. The monoisotopic (exact) mass is 235 g/mol. The van der Waals surface area contributed by atoms with Crippen LogP contribution in [0.2, 0.25) is 0 Å². The third kappa shape index (κ3) is 1.09. The largest absolute Gasteiger partial charge is 0.508 e. The Balaban J connectivity index is 2.31. The number of para-hydroxylation sites is 1. The lowest BCUT2D eigenvalue weighted by Gasteiger charge is -1.97. The summed E-state index contributed by atoms with van der Waals surface area (Å²) in [6.07, 6.45) is 0. The summed E-state index contributed by atoms with van der Waals surface area (Å²) in [5.74, 6) is 0.265. The zero-order valence-electron chi connectivity index (χ0n) is 9.82. The van der Waals surface area contributed by atoms with Gasteiger partial charge in [0.1, 0.15) is 19.2 Å². The van der Waals surface area contributed by atoms with Gasteiger partial charge in [-0.3, -0.25) is 0 Å². The number of benzene rings is 2. The lowest BCUT2D eigenvalue weighted by molar-refractivity contribution is 0.476. The molecule has 0 spiro atoms. The lowest BCUT2D eigenvalue weighted by Crippen LogP contribution is -2.02. The molecule has 0 amide bonds. The Morgan fingerprint density at radius 3 is 2.78 bits per heavy atom. The SMILES string of the molecule is Bc1cc(O)cc2c1[nH]c1c3ccccc3oc21. The number of H-pyrrole nitrogens is 1. The zero-order chi connectivity index (χ0) is 12.3. The van der Waals surface area contributed by atoms with Crippen molar-refractivity contribution in [2.45, 2.75) is 0 Å². The molecular formula is C14H10BNO2. The Morgan fingerprint density at radius 1 is 1.06 bits per heavy atom. The first-order valence-corrected chi connectivity index (χ1v) is 5.86. The summed E-state index contributed by atoms with van der Waals surface area (Å²) in [5.41, 5.74) is 4.70. The average Bonchev–Trinajstić information content (AvgIpc) is 2.86. The molecule has 18 heavy (non-hydrogen) atoms. The van der Waals surface area contributed by atoms with Gasteiger partial charge in [-0.25, -0.2) is 0 Å². The molecule has 0 atom stereocenters. The fourth-order valence-corrected chi connectivity index (χ4v) is 2.60. The van der Waals surface area contributed by atoms with Crippen LogP contribution in [0.15, 0.2) is 40.8 Å². The molecule has 2 aromatic heterocycles. The Hall–Kier alpha value is -2.36. The maximum atomic E-state index is 9.71. The highest BCUT2D eigenvalue weighted by Gasteiger charge is 2.14. The van der Waals surface area contributed by atoms with Gasteiger partial charge in [-0.15, -0.1) is 0 Å². The number of rotatable bonds is 0. The second-order valence-corrected chi connectivity index (χ2v) is 4.61.